The minimum absolute atomic E-state index is 0.0834. The van der Waals surface area contributed by atoms with E-state index in [9.17, 15) is 4.79 Å². The summed E-state index contributed by atoms with van der Waals surface area (Å²) in [5.41, 5.74) is -0.0834. The zero-order valence-corrected chi connectivity index (χ0v) is 13.4. The van der Waals surface area contributed by atoms with Gasteiger partial charge >= 0.3 is 0 Å². The molecule has 1 amide bonds. The molecule has 1 aliphatic heterocycles. The summed E-state index contributed by atoms with van der Waals surface area (Å²) in [5.74, 6) is 3.94. The van der Waals surface area contributed by atoms with Crippen LogP contribution < -0.4 is 10.6 Å². The van der Waals surface area contributed by atoms with Gasteiger partial charge in [-0.15, -0.1) is 0 Å². The smallest absolute Gasteiger partial charge is 0.226 e. The predicted molar refractivity (Wildman–Crippen MR) is 83.8 cm³/mol. The Labute approximate surface area is 128 Å². The van der Waals surface area contributed by atoms with Crippen LogP contribution in [-0.4, -0.2) is 25.0 Å². The highest BCUT2D eigenvalue weighted by Crippen LogP contribution is 2.54. The van der Waals surface area contributed by atoms with Crippen molar-refractivity contribution in [1.29, 1.82) is 0 Å². The van der Waals surface area contributed by atoms with Crippen LogP contribution in [0.4, 0.5) is 0 Å². The second-order valence-corrected chi connectivity index (χ2v) is 8.31. The Kier molecular flexibility index (Phi) is 3.52. The van der Waals surface area contributed by atoms with Crippen molar-refractivity contribution >= 4 is 5.91 Å². The third kappa shape index (κ3) is 2.32. The lowest BCUT2D eigenvalue weighted by molar-refractivity contribution is -0.137. The Bertz CT molecular complexity index is 385. The first-order valence-electron chi connectivity index (χ1n) is 9.22. The van der Waals surface area contributed by atoms with E-state index in [0.717, 1.165) is 56.0 Å². The monoisotopic (exact) mass is 290 g/mol. The molecule has 4 saturated carbocycles. The van der Waals surface area contributed by atoms with Crippen molar-refractivity contribution < 1.29 is 4.79 Å². The summed E-state index contributed by atoms with van der Waals surface area (Å²) in [4.78, 5) is 13.0. The normalized spacial score (nSPS) is 43.8. The summed E-state index contributed by atoms with van der Waals surface area (Å²) >= 11 is 0. The first-order valence-corrected chi connectivity index (χ1v) is 9.22. The SMILES string of the molecule is CCC1(C(=O)NC2C3CC4CC(C3)CC2C4)CCNCC1. The molecule has 4 bridgehead atoms. The minimum Gasteiger partial charge on any atom is -0.352 e. The van der Waals surface area contributed by atoms with Gasteiger partial charge in [-0.05, 0) is 88.1 Å². The summed E-state index contributed by atoms with van der Waals surface area (Å²) in [6.07, 6.45) is 10.1. The van der Waals surface area contributed by atoms with Gasteiger partial charge in [-0.1, -0.05) is 6.92 Å². The molecular weight excluding hydrogens is 260 g/mol. The summed E-state index contributed by atoms with van der Waals surface area (Å²) in [7, 11) is 0. The van der Waals surface area contributed by atoms with Crippen molar-refractivity contribution in [3.05, 3.63) is 0 Å². The quantitative estimate of drug-likeness (QED) is 0.839. The fraction of sp³-hybridized carbons (Fsp3) is 0.944. The lowest BCUT2D eigenvalue weighted by Crippen LogP contribution is -2.59. The standard InChI is InChI=1S/C18H30N2O/c1-2-18(3-5-19-6-4-18)17(21)20-16-14-8-12-7-13(10-14)11-15(16)9-12/h12-16,19H,2-11H2,1H3,(H,20,21). The van der Waals surface area contributed by atoms with Crippen LogP contribution in [0, 0.1) is 29.1 Å². The highest BCUT2D eigenvalue weighted by atomic mass is 16.2. The van der Waals surface area contributed by atoms with Crippen LogP contribution in [0.25, 0.3) is 0 Å². The van der Waals surface area contributed by atoms with Crippen molar-refractivity contribution in [1.82, 2.24) is 10.6 Å². The molecule has 0 spiro atoms. The Morgan fingerprint density at radius 2 is 1.62 bits per heavy atom. The van der Waals surface area contributed by atoms with Crippen molar-refractivity contribution in [2.45, 2.75) is 64.3 Å². The van der Waals surface area contributed by atoms with Crippen molar-refractivity contribution in [2.75, 3.05) is 13.1 Å². The van der Waals surface area contributed by atoms with Gasteiger partial charge in [-0.25, -0.2) is 0 Å². The largest absolute Gasteiger partial charge is 0.352 e. The van der Waals surface area contributed by atoms with E-state index in [0.29, 0.717) is 11.9 Å². The Morgan fingerprint density at radius 3 is 2.14 bits per heavy atom. The predicted octanol–water partition coefficient (Wildman–Crippen LogP) is 2.71. The first-order chi connectivity index (χ1) is 10.2. The van der Waals surface area contributed by atoms with Crippen LogP contribution in [0.3, 0.4) is 0 Å². The zero-order chi connectivity index (χ0) is 14.4. The number of hydrogen-bond donors (Lipinski definition) is 2. The number of carbonyl (C=O) groups is 1. The fourth-order valence-electron chi connectivity index (χ4n) is 6.11. The van der Waals surface area contributed by atoms with Gasteiger partial charge in [0.15, 0.2) is 0 Å². The molecule has 3 heteroatoms. The van der Waals surface area contributed by atoms with Gasteiger partial charge in [0.05, 0.1) is 5.41 Å². The summed E-state index contributed by atoms with van der Waals surface area (Å²) in [6, 6.07) is 0.503. The maximum Gasteiger partial charge on any atom is 0.226 e. The van der Waals surface area contributed by atoms with Gasteiger partial charge in [0, 0.05) is 6.04 Å². The van der Waals surface area contributed by atoms with E-state index in [1.165, 1.54) is 32.1 Å². The van der Waals surface area contributed by atoms with E-state index >= 15 is 0 Å². The molecule has 0 radical (unpaired) electrons. The van der Waals surface area contributed by atoms with Gasteiger partial charge in [-0.2, -0.15) is 0 Å². The molecule has 0 aromatic rings. The zero-order valence-electron chi connectivity index (χ0n) is 13.4. The maximum atomic E-state index is 13.0. The number of piperidine rings is 1. The Balaban J connectivity index is 1.46. The van der Waals surface area contributed by atoms with Crippen molar-refractivity contribution in [2.24, 2.45) is 29.1 Å². The number of hydrogen-bond acceptors (Lipinski definition) is 2. The van der Waals surface area contributed by atoms with Gasteiger partial charge in [0.2, 0.25) is 5.91 Å². The molecule has 1 heterocycles. The third-order valence-electron chi connectivity index (χ3n) is 7.24. The molecule has 3 nitrogen and oxygen atoms in total. The van der Waals surface area contributed by atoms with E-state index in [4.69, 9.17) is 0 Å². The summed E-state index contributed by atoms with van der Waals surface area (Å²) in [6.45, 7) is 4.20. The molecule has 5 aliphatic rings. The number of amides is 1. The summed E-state index contributed by atoms with van der Waals surface area (Å²) < 4.78 is 0. The van der Waals surface area contributed by atoms with Crippen LogP contribution in [-0.2, 0) is 4.79 Å². The molecule has 0 aromatic heterocycles. The second kappa shape index (κ2) is 5.26. The van der Waals surface area contributed by atoms with E-state index in [2.05, 4.69) is 17.6 Å². The molecule has 5 rings (SSSR count). The molecule has 0 aromatic carbocycles. The first kappa shape index (κ1) is 14.0. The average molecular weight is 290 g/mol. The minimum atomic E-state index is -0.0834. The molecule has 1 saturated heterocycles. The molecule has 0 atom stereocenters. The Morgan fingerprint density at radius 1 is 1.05 bits per heavy atom. The van der Waals surface area contributed by atoms with Gasteiger partial charge in [0.25, 0.3) is 0 Å². The fourth-order valence-corrected chi connectivity index (χ4v) is 6.11. The number of nitrogens with one attached hydrogen (secondary N) is 2. The molecular formula is C18H30N2O. The maximum absolute atomic E-state index is 13.0. The van der Waals surface area contributed by atoms with E-state index < -0.39 is 0 Å². The van der Waals surface area contributed by atoms with Gasteiger partial charge < -0.3 is 10.6 Å². The number of rotatable bonds is 3. The highest BCUT2D eigenvalue weighted by Gasteiger charge is 2.50. The second-order valence-electron chi connectivity index (χ2n) is 8.31. The molecule has 2 N–H and O–H groups in total. The van der Waals surface area contributed by atoms with Crippen molar-refractivity contribution in [3.63, 3.8) is 0 Å². The molecule has 21 heavy (non-hydrogen) atoms. The van der Waals surface area contributed by atoms with E-state index in [-0.39, 0.29) is 5.41 Å². The topological polar surface area (TPSA) is 41.1 Å². The lowest BCUT2D eigenvalue weighted by Gasteiger charge is -2.55. The molecule has 0 unspecified atom stereocenters. The van der Waals surface area contributed by atoms with Crippen molar-refractivity contribution in [3.8, 4) is 0 Å². The molecule has 4 aliphatic carbocycles. The van der Waals surface area contributed by atoms with Gasteiger partial charge in [-0.3, -0.25) is 4.79 Å². The summed E-state index contributed by atoms with van der Waals surface area (Å²) in [5, 5.41) is 6.96. The van der Waals surface area contributed by atoms with Crippen LogP contribution in [0.5, 0.6) is 0 Å². The van der Waals surface area contributed by atoms with E-state index in [1.807, 2.05) is 0 Å². The highest BCUT2D eigenvalue weighted by molar-refractivity contribution is 5.83. The van der Waals surface area contributed by atoms with E-state index in [1.54, 1.807) is 0 Å². The molecule has 118 valence electrons. The third-order valence-corrected chi connectivity index (χ3v) is 7.24. The lowest BCUT2D eigenvalue weighted by atomic mass is 9.54. The van der Waals surface area contributed by atoms with Crippen LogP contribution >= 0.6 is 0 Å². The number of carbonyl (C=O) groups excluding carboxylic acids is 1. The Hall–Kier alpha value is -0.570. The average Bonchev–Trinajstić information content (AvgIpc) is 2.50. The van der Waals surface area contributed by atoms with Crippen LogP contribution in [0.1, 0.15) is 58.3 Å². The van der Waals surface area contributed by atoms with Crippen LogP contribution in [0.2, 0.25) is 0 Å². The molecule has 5 fully saturated rings. The van der Waals surface area contributed by atoms with Gasteiger partial charge in [0.1, 0.15) is 0 Å². The van der Waals surface area contributed by atoms with Crippen LogP contribution in [0.15, 0.2) is 0 Å².